The molecule has 0 atom stereocenters. The Morgan fingerprint density at radius 3 is 2.69 bits per heavy atom. The van der Waals surface area contributed by atoms with Crippen molar-refractivity contribution in [2.24, 2.45) is 0 Å². The van der Waals surface area contributed by atoms with Crippen LogP contribution in [0.5, 0.6) is 0 Å². The van der Waals surface area contributed by atoms with E-state index in [1.165, 1.54) is 0 Å². The van der Waals surface area contributed by atoms with E-state index in [4.69, 9.17) is 0 Å². The average molecular weight is 234 g/mol. The van der Waals surface area contributed by atoms with Crippen LogP contribution < -0.4 is 0 Å². The lowest BCUT2D eigenvalue weighted by Crippen LogP contribution is -2.22. The highest BCUT2D eigenvalue weighted by molar-refractivity contribution is 7.13. The van der Waals surface area contributed by atoms with Crippen LogP contribution in [0.3, 0.4) is 0 Å². The summed E-state index contributed by atoms with van der Waals surface area (Å²) in [6, 6.07) is 3.94. The van der Waals surface area contributed by atoms with Crippen molar-refractivity contribution < 1.29 is 4.79 Å². The summed E-state index contributed by atoms with van der Waals surface area (Å²) in [4.78, 5) is 12.0. The molecule has 0 saturated carbocycles. The molecule has 0 bridgehead atoms. The number of rotatable bonds is 2. The topological polar surface area (TPSA) is 34.9 Å². The van der Waals surface area contributed by atoms with Gasteiger partial charge in [0.25, 0.3) is 0 Å². The third kappa shape index (κ3) is 1.93. The van der Waals surface area contributed by atoms with E-state index >= 15 is 0 Å². The van der Waals surface area contributed by atoms with Crippen molar-refractivity contribution in [1.82, 2.24) is 9.78 Å². The monoisotopic (exact) mass is 234 g/mol. The number of hydrogen-bond acceptors (Lipinski definition) is 3. The summed E-state index contributed by atoms with van der Waals surface area (Å²) >= 11 is 1.59. The Balaban J connectivity index is 2.54. The molecule has 0 spiro atoms. The third-order valence-electron chi connectivity index (χ3n) is 2.31. The predicted molar refractivity (Wildman–Crippen MR) is 65.9 cm³/mol. The van der Waals surface area contributed by atoms with Crippen molar-refractivity contribution in [2.45, 2.75) is 26.3 Å². The maximum absolute atomic E-state index is 11.0. The van der Waals surface area contributed by atoms with Crippen LogP contribution in [0.1, 0.15) is 31.1 Å². The Labute approximate surface area is 98.7 Å². The van der Waals surface area contributed by atoms with Gasteiger partial charge in [-0.05, 0) is 32.2 Å². The van der Waals surface area contributed by atoms with Gasteiger partial charge in [-0.15, -0.1) is 11.3 Å². The van der Waals surface area contributed by atoms with Crippen LogP contribution in [-0.4, -0.2) is 16.1 Å². The zero-order valence-corrected chi connectivity index (χ0v) is 10.4. The van der Waals surface area contributed by atoms with Crippen molar-refractivity contribution >= 4 is 17.6 Å². The fourth-order valence-corrected chi connectivity index (χ4v) is 2.15. The predicted octanol–water partition coefficient (Wildman–Crippen LogP) is 3.18. The van der Waals surface area contributed by atoms with Crippen molar-refractivity contribution in [3.05, 3.63) is 29.3 Å². The highest BCUT2D eigenvalue weighted by Crippen LogP contribution is 2.27. The molecule has 0 radical (unpaired) electrons. The molecule has 0 aliphatic carbocycles. The van der Waals surface area contributed by atoms with Crippen LogP contribution >= 0.6 is 11.3 Å². The van der Waals surface area contributed by atoms with E-state index in [-0.39, 0.29) is 5.54 Å². The summed E-state index contributed by atoms with van der Waals surface area (Å²) in [5, 5.41) is 6.48. The number of hydrogen-bond donors (Lipinski definition) is 0. The molecule has 0 aromatic carbocycles. The zero-order valence-electron chi connectivity index (χ0n) is 9.60. The Hall–Kier alpha value is -1.42. The number of aldehydes is 1. The maximum Gasteiger partial charge on any atom is 0.153 e. The Morgan fingerprint density at radius 1 is 1.44 bits per heavy atom. The zero-order chi connectivity index (χ0) is 11.8. The largest absolute Gasteiger partial charge is 0.298 e. The van der Waals surface area contributed by atoms with E-state index < -0.39 is 0 Å². The number of nitrogens with zero attached hydrogens (tertiary/aromatic N) is 2. The molecule has 4 heteroatoms. The first-order valence-corrected chi connectivity index (χ1v) is 5.99. The lowest BCUT2D eigenvalue weighted by atomic mass is 10.1. The molecule has 0 fully saturated rings. The van der Waals surface area contributed by atoms with Crippen LogP contribution in [0.15, 0.2) is 23.7 Å². The number of carbonyl (C=O) groups is 1. The molecule has 3 nitrogen and oxygen atoms in total. The summed E-state index contributed by atoms with van der Waals surface area (Å²) in [5.74, 6) is 0. The summed E-state index contributed by atoms with van der Waals surface area (Å²) in [6.07, 6.45) is 2.67. The molecule has 2 rings (SSSR count). The summed E-state index contributed by atoms with van der Waals surface area (Å²) in [6.45, 7) is 6.19. The third-order valence-corrected chi connectivity index (χ3v) is 3.19. The summed E-state index contributed by atoms with van der Waals surface area (Å²) in [7, 11) is 0. The van der Waals surface area contributed by atoms with Gasteiger partial charge in [-0.3, -0.25) is 9.48 Å². The van der Waals surface area contributed by atoms with Gasteiger partial charge >= 0.3 is 0 Å². The van der Waals surface area contributed by atoms with Crippen molar-refractivity contribution in [2.75, 3.05) is 0 Å². The molecule has 84 valence electrons. The van der Waals surface area contributed by atoms with E-state index in [2.05, 4.69) is 25.9 Å². The van der Waals surface area contributed by atoms with Gasteiger partial charge < -0.3 is 0 Å². The minimum atomic E-state index is -0.104. The van der Waals surface area contributed by atoms with Gasteiger partial charge in [0, 0.05) is 6.20 Å². The first-order valence-electron chi connectivity index (χ1n) is 5.11. The molecule has 0 amide bonds. The first-order chi connectivity index (χ1) is 7.52. The van der Waals surface area contributed by atoms with E-state index in [1.807, 2.05) is 28.4 Å². The second-order valence-corrected chi connectivity index (χ2v) is 5.59. The van der Waals surface area contributed by atoms with Gasteiger partial charge in [-0.25, -0.2) is 0 Å². The van der Waals surface area contributed by atoms with Gasteiger partial charge in [0.2, 0.25) is 0 Å². The van der Waals surface area contributed by atoms with Crippen molar-refractivity contribution in [3.63, 3.8) is 0 Å². The summed E-state index contributed by atoms with van der Waals surface area (Å²) < 4.78 is 1.84. The van der Waals surface area contributed by atoms with E-state index in [0.717, 1.165) is 16.9 Å². The molecule has 16 heavy (non-hydrogen) atoms. The number of carbonyl (C=O) groups excluding carboxylic acids is 1. The lowest BCUT2D eigenvalue weighted by Gasteiger charge is -2.18. The SMILES string of the molecule is CC(C)(C)n1cc(C=O)c(-c2cccs2)n1. The molecular weight excluding hydrogens is 220 g/mol. The van der Waals surface area contributed by atoms with Gasteiger partial charge in [-0.1, -0.05) is 6.07 Å². The molecular formula is C12H14N2OS. The Bertz CT molecular complexity index is 492. The smallest absolute Gasteiger partial charge is 0.153 e. The van der Waals surface area contributed by atoms with E-state index in [0.29, 0.717) is 5.56 Å². The van der Waals surface area contributed by atoms with Crippen LogP contribution in [0.2, 0.25) is 0 Å². The number of thiophene rings is 1. The van der Waals surface area contributed by atoms with Gasteiger partial charge in [0.1, 0.15) is 5.69 Å². The van der Waals surface area contributed by atoms with Crippen LogP contribution in [-0.2, 0) is 5.54 Å². The molecule has 0 aliphatic heterocycles. The molecule has 2 aromatic rings. The van der Waals surface area contributed by atoms with Gasteiger partial charge in [0.15, 0.2) is 6.29 Å². The van der Waals surface area contributed by atoms with Gasteiger partial charge in [0.05, 0.1) is 16.0 Å². The Kier molecular flexibility index (Phi) is 2.68. The van der Waals surface area contributed by atoms with Crippen molar-refractivity contribution in [1.29, 1.82) is 0 Å². The molecule has 0 unspecified atom stereocenters. The second kappa shape index (κ2) is 3.87. The highest BCUT2D eigenvalue weighted by atomic mass is 32.1. The minimum absolute atomic E-state index is 0.104. The van der Waals surface area contributed by atoms with Crippen LogP contribution in [0.4, 0.5) is 0 Å². The molecule has 0 saturated heterocycles. The standard InChI is InChI=1S/C12H14N2OS/c1-12(2,3)14-7-9(8-15)11(13-14)10-5-4-6-16-10/h4-8H,1-3H3. The van der Waals surface area contributed by atoms with Crippen LogP contribution in [0, 0.1) is 0 Å². The molecule has 2 aromatic heterocycles. The number of aromatic nitrogens is 2. The average Bonchev–Trinajstić information content (AvgIpc) is 2.85. The summed E-state index contributed by atoms with van der Waals surface area (Å²) in [5.41, 5.74) is 1.32. The van der Waals surface area contributed by atoms with E-state index in [1.54, 1.807) is 11.3 Å². The lowest BCUT2D eigenvalue weighted by molar-refractivity contribution is 0.112. The first kappa shape index (κ1) is 11.1. The molecule has 0 aliphatic rings. The quantitative estimate of drug-likeness (QED) is 0.748. The van der Waals surface area contributed by atoms with Crippen molar-refractivity contribution in [3.8, 4) is 10.6 Å². The fourth-order valence-electron chi connectivity index (χ4n) is 1.42. The van der Waals surface area contributed by atoms with Gasteiger partial charge in [-0.2, -0.15) is 5.10 Å². The van der Waals surface area contributed by atoms with Crippen LogP contribution in [0.25, 0.3) is 10.6 Å². The normalized spacial score (nSPS) is 11.7. The molecule has 0 N–H and O–H groups in total. The highest BCUT2D eigenvalue weighted by Gasteiger charge is 2.18. The van der Waals surface area contributed by atoms with E-state index in [9.17, 15) is 4.79 Å². The second-order valence-electron chi connectivity index (χ2n) is 4.64. The Morgan fingerprint density at radius 2 is 2.19 bits per heavy atom. The maximum atomic E-state index is 11.0. The fraction of sp³-hybridized carbons (Fsp3) is 0.333. The minimum Gasteiger partial charge on any atom is -0.298 e. The molecule has 2 heterocycles.